The highest BCUT2D eigenvalue weighted by Gasteiger charge is 2.35. The highest BCUT2D eigenvalue weighted by atomic mass is 19.4. The largest absolute Gasteiger partial charge is 0.481 e. The Morgan fingerprint density at radius 2 is 1.86 bits per heavy atom. The van der Waals surface area contributed by atoms with Crippen molar-refractivity contribution >= 4 is 35.8 Å². The van der Waals surface area contributed by atoms with Crippen LogP contribution in [-0.4, -0.2) is 63.6 Å². The molecule has 2 aromatic rings. The zero-order valence-corrected chi connectivity index (χ0v) is 24.7. The second kappa shape index (κ2) is 14.4. The molecule has 2 heterocycles. The second-order valence-electron chi connectivity index (χ2n) is 11.5. The van der Waals surface area contributed by atoms with Gasteiger partial charge in [-0.25, -0.2) is 9.78 Å². The monoisotopic (exact) mass is 617 g/mol. The van der Waals surface area contributed by atoms with Gasteiger partial charge in [0.1, 0.15) is 25.0 Å². The molecule has 0 saturated heterocycles. The van der Waals surface area contributed by atoms with Gasteiger partial charge in [-0.05, 0) is 60.4 Å². The van der Waals surface area contributed by atoms with Gasteiger partial charge in [0.25, 0.3) is 0 Å². The van der Waals surface area contributed by atoms with Gasteiger partial charge in [0.2, 0.25) is 5.91 Å². The number of hydrazone groups is 1. The number of hydrogen-bond donors (Lipinski definition) is 4. The van der Waals surface area contributed by atoms with Gasteiger partial charge in [-0.3, -0.25) is 19.9 Å². The minimum absolute atomic E-state index is 0.0922. The minimum Gasteiger partial charge on any atom is -0.481 e. The van der Waals surface area contributed by atoms with E-state index in [1.807, 2.05) is 19.9 Å². The number of hydrogen-bond acceptors (Lipinski definition) is 7. The molecule has 4 rings (SSSR count). The van der Waals surface area contributed by atoms with Crippen LogP contribution in [0.25, 0.3) is 0 Å². The van der Waals surface area contributed by atoms with Crippen molar-refractivity contribution in [1.82, 2.24) is 20.2 Å². The van der Waals surface area contributed by atoms with Crippen LogP contribution in [-0.2, 0) is 22.2 Å². The second-order valence-corrected chi connectivity index (χ2v) is 11.5. The first kappa shape index (κ1) is 32.6. The normalized spacial score (nSPS) is 16.0. The zero-order chi connectivity index (χ0) is 31.9. The van der Waals surface area contributed by atoms with Crippen molar-refractivity contribution in [2.75, 3.05) is 23.8 Å². The average molecular weight is 618 g/mol. The van der Waals surface area contributed by atoms with E-state index in [9.17, 15) is 27.6 Å². The molecule has 2 aliphatic rings. The molecule has 14 heteroatoms. The van der Waals surface area contributed by atoms with E-state index >= 15 is 0 Å². The molecule has 0 bridgehead atoms. The van der Waals surface area contributed by atoms with Crippen LogP contribution < -0.4 is 16.0 Å². The fourth-order valence-electron chi connectivity index (χ4n) is 5.47. The maximum absolute atomic E-state index is 14.1. The van der Waals surface area contributed by atoms with Gasteiger partial charge < -0.3 is 20.6 Å². The number of rotatable bonds is 12. The van der Waals surface area contributed by atoms with Crippen LogP contribution in [0, 0.1) is 5.92 Å². The van der Waals surface area contributed by atoms with E-state index in [0.29, 0.717) is 12.2 Å². The van der Waals surface area contributed by atoms with E-state index in [-0.39, 0.29) is 43.5 Å². The van der Waals surface area contributed by atoms with Crippen molar-refractivity contribution in [2.45, 2.75) is 77.1 Å². The van der Waals surface area contributed by atoms with Crippen molar-refractivity contribution in [1.29, 1.82) is 0 Å². The van der Waals surface area contributed by atoms with E-state index in [4.69, 9.17) is 5.11 Å². The van der Waals surface area contributed by atoms with E-state index in [2.05, 4.69) is 26.0 Å². The Morgan fingerprint density at radius 3 is 2.55 bits per heavy atom. The van der Waals surface area contributed by atoms with Crippen LogP contribution >= 0.6 is 0 Å². The number of nitrogens with zero attached hydrogens (tertiary/aromatic N) is 4. The third-order valence-corrected chi connectivity index (χ3v) is 7.56. The highest BCUT2D eigenvalue weighted by molar-refractivity contribution is 6.00. The van der Waals surface area contributed by atoms with E-state index in [0.717, 1.165) is 43.4 Å². The summed E-state index contributed by atoms with van der Waals surface area (Å²) in [7, 11) is 0. The third kappa shape index (κ3) is 9.07. The maximum atomic E-state index is 14.1. The lowest BCUT2D eigenvalue weighted by Crippen LogP contribution is -2.49. The fraction of sp³-hybridized carbons (Fsp3) is 0.500. The number of nitrogens with one attached hydrogen (secondary N) is 3. The summed E-state index contributed by atoms with van der Waals surface area (Å²) in [6, 6.07) is 6.17. The van der Waals surface area contributed by atoms with E-state index in [1.54, 1.807) is 16.0 Å². The van der Waals surface area contributed by atoms with Gasteiger partial charge >= 0.3 is 18.2 Å². The number of amides is 3. The number of urea groups is 1. The first-order valence-corrected chi connectivity index (χ1v) is 14.7. The molecule has 238 valence electrons. The number of carbonyl (C=O) groups is 3. The quantitative estimate of drug-likeness (QED) is 0.249. The summed E-state index contributed by atoms with van der Waals surface area (Å²) in [6.07, 6.45) is 1.95. The zero-order valence-electron chi connectivity index (χ0n) is 24.7. The van der Waals surface area contributed by atoms with Crippen LogP contribution in [0.1, 0.15) is 75.0 Å². The molecule has 3 amide bonds. The summed E-state index contributed by atoms with van der Waals surface area (Å²) >= 11 is 0. The summed E-state index contributed by atoms with van der Waals surface area (Å²) in [5, 5.41) is 22.4. The molecular formula is C30H38F3N7O4. The van der Waals surface area contributed by atoms with Gasteiger partial charge in [0.15, 0.2) is 0 Å². The molecule has 1 unspecified atom stereocenters. The number of aromatic nitrogens is 1. The third-order valence-electron chi connectivity index (χ3n) is 7.56. The molecule has 44 heavy (non-hydrogen) atoms. The predicted molar refractivity (Wildman–Crippen MR) is 159 cm³/mol. The molecule has 4 N–H and O–H groups in total. The van der Waals surface area contributed by atoms with Crippen LogP contribution in [0.15, 0.2) is 41.6 Å². The Labute approximate surface area is 253 Å². The first-order valence-electron chi connectivity index (χ1n) is 14.7. The summed E-state index contributed by atoms with van der Waals surface area (Å²) in [5.74, 6) is -0.705. The number of aliphatic carboxylic acids is 1. The van der Waals surface area contributed by atoms with Gasteiger partial charge in [-0.2, -0.15) is 18.3 Å². The lowest BCUT2D eigenvalue weighted by Gasteiger charge is -2.30. The van der Waals surface area contributed by atoms with Crippen molar-refractivity contribution < 1.29 is 32.7 Å². The van der Waals surface area contributed by atoms with Crippen LogP contribution in [0.5, 0.6) is 0 Å². The number of carbonyl (C=O) groups excluding carboxylic acids is 2. The molecular weight excluding hydrogens is 579 g/mol. The Morgan fingerprint density at radius 1 is 1.11 bits per heavy atom. The number of anilines is 2. The van der Waals surface area contributed by atoms with Gasteiger partial charge in [0, 0.05) is 12.7 Å². The highest BCUT2D eigenvalue weighted by Crippen LogP contribution is 2.38. The van der Waals surface area contributed by atoms with Gasteiger partial charge in [-0.15, -0.1) is 0 Å². The van der Waals surface area contributed by atoms with Crippen molar-refractivity contribution in [3.8, 4) is 0 Å². The molecule has 1 aromatic carbocycles. The predicted octanol–water partition coefficient (Wildman–Crippen LogP) is 5.43. The maximum Gasteiger partial charge on any atom is 0.418 e. The Hall–Kier alpha value is -4.36. The molecule has 1 aliphatic heterocycles. The van der Waals surface area contributed by atoms with Crippen molar-refractivity contribution in [2.24, 2.45) is 11.0 Å². The van der Waals surface area contributed by atoms with Crippen molar-refractivity contribution in [3.05, 3.63) is 53.2 Å². The van der Waals surface area contributed by atoms with Crippen LogP contribution in [0.3, 0.4) is 0 Å². The molecule has 0 spiro atoms. The lowest BCUT2D eigenvalue weighted by atomic mass is 9.98. The number of alkyl halides is 3. The summed E-state index contributed by atoms with van der Waals surface area (Å²) in [5.41, 5.74) is -0.531. The van der Waals surface area contributed by atoms with Crippen molar-refractivity contribution in [3.63, 3.8) is 0 Å². The lowest BCUT2D eigenvalue weighted by molar-refractivity contribution is -0.138. The molecule has 1 atom stereocenters. The van der Waals surface area contributed by atoms with Crippen LogP contribution in [0.2, 0.25) is 0 Å². The fourth-order valence-corrected chi connectivity index (χ4v) is 5.47. The summed E-state index contributed by atoms with van der Waals surface area (Å²) in [6.45, 7) is 4.41. The van der Waals surface area contributed by atoms with Gasteiger partial charge in [-0.1, -0.05) is 38.8 Å². The minimum atomic E-state index is -4.79. The Bertz CT molecular complexity index is 1360. The molecule has 11 nitrogen and oxygen atoms in total. The molecule has 1 aromatic heterocycles. The average Bonchev–Trinajstić information content (AvgIpc) is 3.65. The number of halogens is 3. The summed E-state index contributed by atoms with van der Waals surface area (Å²) in [4.78, 5) is 42.6. The van der Waals surface area contributed by atoms with E-state index < -0.39 is 41.5 Å². The Kier molecular flexibility index (Phi) is 10.7. The number of benzene rings is 1. The summed E-state index contributed by atoms with van der Waals surface area (Å²) < 4.78 is 42.2. The smallest absolute Gasteiger partial charge is 0.418 e. The van der Waals surface area contributed by atoms with Gasteiger partial charge in [0.05, 0.1) is 24.1 Å². The first-order chi connectivity index (χ1) is 20.9. The molecule has 1 saturated carbocycles. The van der Waals surface area contributed by atoms with Crippen LogP contribution in [0.4, 0.5) is 29.5 Å². The number of carboxylic acid groups (broad SMARTS) is 1. The topological polar surface area (TPSA) is 139 Å². The SMILES string of the molecule is CC(C)CC(NC(=O)Cc1ccc(NC(=O)Nc2ncccc2C2CCCC2)c(C(F)(F)F)c1)N1C=NN(CCC(=O)O)C1. The molecule has 1 fully saturated rings. The molecule has 1 aliphatic carbocycles. The molecule has 0 radical (unpaired) electrons. The standard InChI is InChI=1S/C30H38F3N7O4/c1-19(2)14-25(39-17-35-40(18-39)13-11-27(42)43)37-26(41)16-20-9-10-24(23(15-20)30(31,32)33)36-29(44)38-28-22(8-5-12-34-28)21-6-3-4-7-21/h5,8-10,12,15,17,19,21,25H,3-4,6-7,11,13-14,16,18H2,1-2H3,(H,37,41)(H,42,43)(H2,34,36,38,44). The number of carboxylic acids is 1. The Balaban J connectivity index is 1.42. The number of pyridine rings is 1. The van der Waals surface area contributed by atoms with E-state index in [1.165, 1.54) is 18.6 Å².